The van der Waals surface area contributed by atoms with Gasteiger partial charge in [0.05, 0.1) is 18.4 Å². The van der Waals surface area contributed by atoms with Crippen molar-refractivity contribution in [2.75, 3.05) is 20.4 Å². The van der Waals surface area contributed by atoms with Gasteiger partial charge in [-0.2, -0.15) is 0 Å². The molecule has 0 atom stereocenters. The number of imidazole rings is 1. The summed E-state index contributed by atoms with van der Waals surface area (Å²) < 4.78 is 10.8. The zero-order chi connectivity index (χ0) is 19.2. The van der Waals surface area contributed by atoms with Crippen molar-refractivity contribution in [1.82, 2.24) is 20.6 Å². The van der Waals surface area contributed by atoms with E-state index in [9.17, 15) is 0 Å². The predicted octanol–water partition coefficient (Wildman–Crippen LogP) is 2.71. The van der Waals surface area contributed by atoms with Crippen LogP contribution in [-0.4, -0.2) is 36.3 Å². The van der Waals surface area contributed by atoms with Crippen molar-refractivity contribution in [3.8, 4) is 22.8 Å². The van der Waals surface area contributed by atoms with E-state index >= 15 is 0 Å². The summed E-state index contributed by atoms with van der Waals surface area (Å²) in [5.74, 6) is 3.21. The monoisotopic (exact) mass is 377 g/mol. The van der Waals surface area contributed by atoms with Crippen molar-refractivity contribution in [3.63, 3.8) is 0 Å². The second-order valence-corrected chi connectivity index (χ2v) is 6.40. The lowest BCUT2D eigenvalue weighted by molar-refractivity contribution is 0.174. The van der Waals surface area contributed by atoms with Gasteiger partial charge in [0.1, 0.15) is 5.82 Å². The Morgan fingerprint density at radius 2 is 1.96 bits per heavy atom. The highest BCUT2D eigenvalue weighted by Gasteiger charge is 2.13. The molecular weight excluding hydrogens is 354 g/mol. The van der Waals surface area contributed by atoms with E-state index in [1.807, 2.05) is 36.5 Å². The van der Waals surface area contributed by atoms with Crippen molar-refractivity contribution < 1.29 is 9.47 Å². The van der Waals surface area contributed by atoms with Gasteiger partial charge < -0.3 is 25.1 Å². The first-order valence-corrected chi connectivity index (χ1v) is 9.24. The van der Waals surface area contributed by atoms with Gasteiger partial charge in [0, 0.05) is 13.6 Å². The highest BCUT2D eigenvalue weighted by molar-refractivity contribution is 5.79. The molecule has 4 rings (SSSR count). The van der Waals surface area contributed by atoms with Gasteiger partial charge >= 0.3 is 0 Å². The van der Waals surface area contributed by atoms with Crippen LogP contribution in [0.1, 0.15) is 11.4 Å². The van der Waals surface area contributed by atoms with E-state index < -0.39 is 0 Å². The fourth-order valence-electron chi connectivity index (χ4n) is 3.03. The first-order chi connectivity index (χ1) is 13.8. The third-order valence-corrected chi connectivity index (χ3v) is 4.50. The number of H-pyrrole nitrogens is 1. The lowest BCUT2D eigenvalue weighted by atomic mass is 10.1. The molecule has 1 aliphatic rings. The summed E-state index contributed by atoms with van der Waals surface area (Å²) in [6.45, 7) is 1.62. The molecule has 3 aromatic rings. The molecule has 0 bridgehead atoms. The number of hydrogen-bond acceptors (Lipinski definition) is 4. The Morgan fingerprint density at radius 1 is 1.11 bits per heavy atom. The molecule has 7 heteroatoms. The van der Waals surface area contributed by atoms with Crippen LogP contribution in [0.4, 0.5) is 0 Å². The number of hydrogen-bond donors (Lipinski definition) is 3. The second-order valence-electron chi connectivity index (χ2n) is 6.40. The molecule has 0 fully saturated rings. The van der Waals surface area contributed by atoms with Crippen molar-refractivity contribution in [1.29, 1.82) is 0 Å². The zero-order valence-corrected chi connectivity index (χ0v) is 15.7. The molecule has 7 nitrogen and oxygen atoms in total. The van der Waals surface area contributed by atoms with E-state index in [1.54, 1.807) is 7.05 Å². The lowest BCUT2D eigenvalue weighted by Crippen LogP contribution is -2.38. The van der Waals surface area contributed by atoms with E-state index in [1.165, 1.54) is 5.56 Å². The van der Waals surface area contributed by atoms with Gasteiger partial charge in [-0.05, 0) is 29.7 Å². The van der Waals surface area contributed by atoms with E-state index in [4.69, 9.17) is 9.47 Å². The van der Waals surface area contributed by atoms with E-state index in [2.05, 4.69) is 43.8 Å². The number of aromatic nitrogens is 2. The fraction of sp³-hybridized carbons (Fsp3) is 0.238. The number of nitrogens with one attached hydrogen (secondary N) is 3. The predicted molar refractivity (Wildman–Crippen MR) is 108 cm³/mol. The first kappa shape index (κ1) is 17.9. The maximum Gasteiger partial charge on any atom is 0.231 e. The molecule has 0 spiro atoms. The second kappa shape index (κ2) is 8.47. The van der Waals surface area contributed by atoms with Gasteiger partial charge in [-0.25, -0.2) is 4.98 Å². The molecule has 2 heterocycles. The number of ether oxygens (including phenoxy) is 2. The third kappa shape index (κ3) is 4.25. The summed E-state index contributed by atoms with van der Waals surface area (Å²) >= 11 is 0. The van der Waals surface area contributed by atoms with Crippen LogP contribution >= 0.6 is 0 Å². The average Bonchev–Trinajstić information content (AvgIpc) is 3.40. The number of nitrogens with zero attached hydrogens (tertiary/aromatic N) is 2. The van der Waals surface area contributed by atoms with Crippen molar-refractivity contribution >= 4 is 5.96 Å². The minimum Gasteiger partial charge on any atom is -0.454 e. The molecule has 0 saturated heterocycles. The van der Waals surface area contributed by atoms with Crippen molar-refractivity contribution in [2.45, 2.75) is 13.0 Å². The van der Waals surface area contributed by atoms with Crippen LogP contribution in [0.5, 0.6) is 11.5 Å². The SMILES string of the molecule is CN=C(NCCc1ccc2c(c1)OCO2)NCc1ncc(-c2ccccc2)[nH]1. The Kier molecular flexibility index (Phi) is 5.42. The fourth-order valence-corrected chi connectivity index (χ4v) is 3.03. The van der Waals surface area contributed by atoms with Crippen LogP contribution in [-0.2, 0) is 13.0 Å². The van der Waals surface area contributed by atoms with Crippen LogP contribution in [0.25, 0.3) is 11.3 Å². The van der Waals surface area contributed by atoms with E-state index in [-0.39, 0.29) is 0 Å². The maximum atomic E-state index is 5.42. The number of rotatable bonds is 6. The molecule has 0 aliphatic carbocycles. The molecule has 0 saturated carbocycles. The minimum atomic E-state index is 0.298. The summed E-state index contributed by atoms with van der Waals surface area (Å²) in [4.78, 5) is 12.0. The van der Waals surface area contributed by atoms with Gasteiger partial charge in [0.15, 0.2) is 17.5 Å². The molecule has 3 N–H and O–H groups in total. The van der Waals surface area contributed by atoms with Gasteiger partial charge in [0.2, 0.25) is 6.79 Å². The summed E-state index contributed by atoms with van der Waals surface area (Å²) in [6.07, 6.45) is 2.71. The highest BCUT2D eigenvalue weighted by Crippen LogP contribution is 2.32. The summed E-state index contributed by atoms with van der Waals surface area (Å²) in [6, 6.07) is 16.2. The standard InChI is InChI=1S/C21H23N5O2/c1-22-21(23-10-9-15-7-8-18-19(11-15)28-14-27-18)25-13-20-24-12-17(26-20)16-5-3-2-4-6-16/h2-8,11-12H,9-10,13-14H2,1H3,(H,24,26)(H2,22,23,25). The average molecular weight is 377 g/mol. The molecule has 1 aliphatic heterocycles. The minimum absolute atomic E-state index is 0.298. The largest absolute Gasteiger partial charge is 0.454 e. The Bertz CT molecular complexity index is 952. The Hall–Kier alpha value is -3.48. The molecule has 1 aromatic heterocycles. The summed E-state index contributed by atoms with van der Waals surface area (Å²) in [5, 5.41) is 6.60. The van der Waals surface area contributed by atoms with Crippen LogP contribution in [0.3, 0.4) is 0 Å². The molecular formula is C21H23N5O2. The molecule has 0 radical (unpaired) electrons. The van der Waals surface area contributed by atoms with Gasteiger partial charge in [-0.15, -0.1) is 0 Å². The third-order valence-electron chi connectivity index (χ3n) is 4.50. The van der Waals surface area contributed by atoms with Crippen LogP contribution in [0, 0.1) is 0 Å². The van der Waals surface area contributed by atoms with E-state index in [0.29, 0.717) is 13.3 Å². The number of benzene rings is 2. The van der Waals surface area contributed by atoms with Crippen LogP contribution in [0.2, 0.25) is 0 Å². The maximum absolute atomic E-state index is 5.42. The van der Waals surface area contributed by atoms with Crippen LogP contribution in [0.15, 0.2) is 59.7 Å². The number of guanidine groups is 1. The topological polar surface area (TPSA) is 83.6 Å². The van der Waals surface area contributed by atoms with Crippen LogP contribution < -0.4 is 20.1 Å². The number of fused-ring (bicyclic) bond motifs is 1. The molecule has 0 unspecified atom stereocenters. The summed E-state index contributed by atoms with van der Waals surface area (Å²) in [7, 11) is 1.76. The van der Waals surface area contributed by atoms with Crippen molar-refractivity contribution in [3.05, 3.63) is 66.1 Å². The normalized spacial score (nSPS) is 12.8. The number of aromatic amines is 1. The molecule has 2 aromatic carbocycles. The highest BCUT2D eigenvalue weighted by atomic mass is 16.7. The molecule has 28 heavy (non-hydrogen) atoms. The first-order valence-electron chi connectivity index (χ1n) is 9.24. The zero-order valence-electron chi connectivity index (χ0n) is 15.7. The smallest absolute Gasteiger partial charge is 0.231 e. The molecule has 0 amide bonds. The Balaban J connectivity index is 1.26. The van der Waals surface area contributed by atoms with Crippen molar-refractivity contribution in [2.24, 2.45) is 4.99 Å². The Labute approximate surface area is 163 Å². The molecule has 144 valence electrons. The summed E-state index contributed by atoms with van der Waals surface area (Å²) in [5.41, 5.74) is 3.31. The van der Waals surface area contributed by atoms with Gasteiger partial charge in [0.25, 0.3) is 0 Å². The van der Waals surface area contributed by atoms with E-state index in [0.717, 1.165) is 47.5 Å². The quantitative estimate of drug-likeness (QED) is 0.454. The van der Waals surface area contributed by atoms with Gasteiger partial charge in [-0.1, -0.05) is 36.4 Å². The lowest BCUT2D eigenvalue weighted by Gasteiger charge is -2.11. The van der Waals surface area contributed by atoms with Gasteiger partial charge in [-0.3, -0.25) is 4.99 Å². The Morgan fingerprint density at radius 3 is 2.82 bits per heavy atom. The number of aliphatic imine (C=N–C) groups is 1.